The van der Waals surface area contributed by atoms with Crippen molar-refractivity contribution in [2.45, 2.75) is 15.7 Å². The van der Waals surface area contributed by atoms with Crippen molar-refractivity contribution in [3.05, 3.63) is 102 Å². The first kappa shape index (κ1) is 16.1. The molecule has 0 atom stereocenters. The molecule has 144 valence electrons. The molecule has 4 heteroatoms. The first-order valence-electron chi connectivity index (χ1n) is 10.5. The number of fused-ring (bicyclic) bond motifs is 7. The lowest BCUT2D eigenvalue weighted by molar-refractivity contribution is 0.788. The summed E-state index contributed by atoms with van der Waals surface area (Å²) in [6.07, 6.45) is 3.94. The molecule has 2 aliphatic carbocycles. The van der Waals surface area contributed by atoms with Gasteiger partial charge in [-0.2, -0.15) is 0 Å². The maximum Gasteiger partial charge on any atom is 0.138 e. The SMILES string of the molecule is c1cc2c3c(c1)C2c1ccc(-c2cncc4c2ccc2nc5ccccc5n24)cc1S3. The highest BCUT2D eigenvalue weighted by molar-refractivity contribution is 7.99. The Morgan fingerprint density at radius 3 is 2.61 bits per heavy atom. The second-order valence-electron chi connectivity index (χ2n) is 8.30. The van der Waals surface area contributed by atoms with Gasteiger partial charge in [-0.1, -0.05) is 54.2 Å². The Labute approximate surface area is 182 Å². The number of aromatic nitrogens is 3. The summed E-state index contributed by atoms with van der Waals surface area (Å²) in [6, 6.07) is 26.2. The fraction of sp³-hybridized carbons (Fsp3) is 0.0370. The minimum absolute atomic E-state index is 0.480. The Morgan fingerprint density at radius 2 is 1.68 bits per heavy atom. The average Bonchev–Trinajstić information content (AvgIpc) is 3.23. The van der Waals surface area contributed by atoms with Crippen LogP contribution in [0.15, 0.2) is 95.0 Å². The van der Waals surface area contributed by atoms with E-state index in [0.29, 0.717) is 5.92 Å². The summed E-state index contributed by atoms with van der Waals surface area (Å²) in [5.74, 6) is 0.480. The van der Waals surface area contributed by atoms with E-state index in [1.54, 1.807) is 0 Å². The molecule has 0 fully saturated rings. The molecule has 0 saturated carbocycles. The molecule has 5 heterocycles. The Kier molecular flexibility index (Phi) is 2.88. The van der Waals surface area contributed by atoms with Crippen molar-refractivity contribution in [1.82, 2.24) is 14.4 Å². The van der Waals surface area contributed by atoms with Crippen LogP contribution in [0, 0.1) is 0 Å². The third kappa shape index (κ3) is 1.96. The molecule has 0 saturated heterocycles. The van der Waals surface area contributed by atoms with Crippen molar-refractivity contribution in [3.63, 3.8) is 0 Å². The standard InChI is InChI=1S/C27H15N3S/c1-2-7-22-21(6-1)29-25-11-10-16-20(13-28-14-23(16)30(22)25)15-8-9-17-24(12-15)31-27-18-4-3-5-19(27)26(17)18/h1-14,26H. The normalized spacial score (nSPS) is 14.2. The number of benzene rings is 3. The molecule has 0 unspecified atom stereocenters. The monoisotopic (exact) mass is 413 g/mol. The van der Waals surface area contributed by atoms with Crippen LogP contribution in [-0.2, 0) is 0 Å². The van der Waals surface area contributed by atoms with Crippen LogP contribution in [0.2, 0.25) is 0 Å². The summed E-state index contributed by atoms with van der Waals surface area (Å²) in [7, 11) is 0. The van der Waals surface area contributed by atoms with E-state index in [9.17, 15) is 0 Å². The number of hydrogen-bond donors (Lipinski definition) is 0. The van der Waals surface area contributed by atoms with E-state index >= 15 is 0 Å². The lowest BCUT2D eigenvalue weighted by Crippen LogP contribution is -2.20. The highest BCUT2D eigenvalue weighted by Gasteiger charge is 2.38. The topological polar surface area (TPSA) is 30.2 Å². The number of nitrogens with zero attached hydrogens (tertiary/aromatic N) is 3. The molecule has 3 nitrogen and oxygen atoms in total. The van der Waals surface area contributed by atoms with Crippen molar-refractivity contribution in [2.75, 3.05) is 0 Å². The van der Waals surface area contributed by atoms with Gasteiger partial charge in [0.1, 0.15) is 5.65 Å². The summed E-state index contributed by atoms with van der Waals surface area (Å²) in [5.41, 5.74) is 11.0. The van der Waals surface area contributed by atoms with E-state index in [-0.39, 0.29) is 0 Å². The van der Waals surface area contributed by atoms with Crippen LogP contribution >= 0.6 is 11.8 Å². The van der Waals surface area contributed by atoms with Crippen LogP contribution in [0.5, 0.6) is 0 Å². The Morgan fingerprint density at radius 1 is 0.774 bits per heavy atom. The van der Waals surface area contributed by atoms with Gasteiger partial charge in [-0.3, -0.25) is 9.38 Å². The first-order chi connectivity index (χ1) is 15.4. The molecule has 4 bridgehead atoms. The molecule has 3 aromatic heterocycles. The van der Waals surface area contributed by atoms with Crippen LogP contribution < -0.4 is 0 Å². The van der Waals surface area contributed by atoms with Crippen LogP contribution in [0.4, 0.5) is 0 Å². The highest BCUT2D eigenvalue weighted by Crippen LogP contribution is 2.59. The molecule has 0 amide bonds. The zero-order chi connectivity index (χ0) is 20.1. The minimum atomic E-state index is 0.480. The number of imidazole rings is 1. The Hall–Kier alpha value is -3.63. The predicted octanol–water partition coefficient (Wildman–Crippen LogP) is 6.66. The molecule has 0 spiro atoms. The number of pyridine rings is 2. The van der Waals surface area contributed by atoms with Gasteiger partial charge in [0.15, 0.2) is 0 Å². The molecule has 6 aromatic rings. The summed E-state index contributed by atoms with van der Waals surface area (Å²) in [6.45, 7) is 0. The van der Waals surface area contributed by atoms with Crippen molar-refractivity contribution in [1.29, 1.82) is 0 Å². The first-order valence-corrected chi connectivity index (χ1v) is 11.3. The van der Waals surface area contributed by atoms with E-state index in [4.69, 9.17) is 4.98 Å². The maximum absolute atomic E-state index is 4.78. The maximum atomic E-state index is 4.78. The molecule has 0 radical (unpaired) electrons. The lowest BCUT2D eigenvalue weighted by atomic mass is 9.75. The van der Waals surface area contributed by atoms with E-state index in [1.165, 1.54) is 37.4 Å². The molecule has 2 aliphatic heterocycles. The molecule has 10 rings (SSSR count). The van der Waals surface area contributed by atoms with E-state index < -0.39 is 0 Å². The van der Waals surface area contributed by atoms with Gasteiger partial charge < -0.3 is 0 Å². The zero-order valence-corrected chi connectivity index (χ0v) is 17.2. The number of para-hydroxylation sites is 2. The van der Waals surface area contributed by atoms with Crippen LogP contribution in [0.3, 0.4) is 0 Å². The summed E-state index contributed by atoms with van der Waals surface area (Å²) >= 11 is 1.91. The second kappa shape index (κ2) is 5.54. The Bertz CT molecular complexity index is 1710. The quantitative estimate of drug-likeness (QED) is 0.301. The Balaban J connectivity index is 1.35. The smallest absolute Gasteiger partial charge is 0.138 e. The highest BCUT2D eigenvalue weighted by atomic mass is 32.2. The number of rotatable bonds is 1. The van der Waals surface area contributed by atoms with E-state index in [2.05, 4.69) is 76.1 Å². The van der Waals surface area contributed by atoms with Gasteiger partial charge in [-0.25, -0.2) is 4.98 Å². The summed E-state index contributed by atoms with van der Waals surface area (Å²) in [4.78, 5) is 12.2. The fourth-order valence-corrected chi connectivity index (χ4v) is 6.64. The van der Waals surface area contributed by atoms with Crippen LogP contribution in [0.1, 0.15) is 22.6 Å². The third-order valence-corrected chi connectivity index (χ3v) is 7.99. The van der Waals surface area contributed by atoms with Crippen molar-refractivity contribution < 1.29 is 0 Å². The van der Waals surface area contributed by atoms with Gasteiger partial charge in [0, 0.05) is 32.9 Å². The van der Waals surface area contributed by atoms with Gasteiger partial charge in [-0.05, 0) is 52.6 Å². The number of hydrogen-bond acceptors (Lipinski definition) is 3. The van der Waals surface area contributed by atoms with Crippen molar-refractivity contribution >= 4 is 39.3 Å². The van der Waals surface area contributed by atoms with Crippen LogP contribution in [-0.4, -0.2) is 14.4 Å². The average molecular weight is 414 g/mol. The zero-order valence-electron chi connectivity index (χ0n) is 16.4. The van der Waals surface area contributed by atoms with Gasteiger partial charge in [-0.15, -0.1) is 0 Å². The van der Waals surface area contributed by atoms with Gasteiger partial charge >= 0.3 is 0 Å². The van der Waals surface area contributed by atoms with Crippen LogP contribution in [0.25, 0.3) is 38.7 Å². The molecule has 31 heavy (non-hydrogen) atoms. The molecular weight excluding hydrogens is 398 g/mol. The molecule has 0 N–H and O–H groups in total. The molecule has 4 aliphatic rings. The minimum Gasteiger partial charge on any atom is -0.291 e. The van der Waals surface area contributed by atoms with Crippen molar-refractivity contribution in [2.24, 2.45) is 0 Å². The predicted molar refractivity (Wildman–Crippen MR) is 125 cm³/mol. The van der Waals surface area contributed by atoms with E-state index in [1.807, 2.05) is 30.2 Å². The summed E-state index contributed by atoms with van der Waals surface area (Å²) in [5, 5.41) is 1.20. The van der Waals surface area contributed by atoms with Gasteiger partial charge in [0.2, 0.25) is 0 Å². The lowest BCUT2D eigenvalue weighted by Gasteiger charge is -2.39. The fourth-order valence-electron chi connectivity index (χ4n) is 5.32. The molecule has 3 aromatic carbocycles. The van der Waals surface area contributed by atoms with E-state index in [0.717, 1.165) is 27.8 Å². The van der Waals surface area contributed by atoms with Gasteiger partial charge in [0.25, 0.3) is 0 Å². The third-order valence-electron chi connectivity index (χ3n) is 6.74. The molecular formula is C27H15N3S. The largest absolute Gasteiger partial charge is 0.291 e. The second-order valence-corrected chi connectivity index (χ2v) is 9.35. The van der Waals surface area contributed by atoms with Gasteiger partial charge in [0.05, 0.1) is 22.7 Å². The van der Waals surface area contributed by atoms with Crippen molar-refractivity contribution in [3.8, 4) is 11.1 Å². The summed E-state index contributed by atoms with van der Waals surface area (Å²) < 4.78 is 2.22.